The van der Waals surface area contributed by atoms with Gasteiger partial charge >= 0.3 is 0 Å². The van der Waals surface area contributed by atoms with Crippen molar-refractivity contribution in [2.45, 2.75) is 0 Å². The molecule has 0 fully saturated rings. The van der Waals surface area contributed by atoms with Crippen LogP contribution in [0, 0.1) is 0 Å². The summed E-state index contributed by atoms with van der Waals surface area (Å²) in [5.74, 6) is 1.45. The van der Waals surface area contributed by atoms with Gasteiger partial charge < -0.3 is 20.1 Å². The molecule has 2 aromatic rings. The smallest absolute Gasteiger partial charge is 0.231 e. The Morgan fingerprint density at radius 3 is 2.55 bits per heavy atom. The summed E-state index contributed by atoms with van der Waals surface area (Å²) in [6.07, 6.45) is 0. The third-order valence-corrected chi connectivity index (χ3v) is 3.15. The third kappa shape index (κ3) is 2.95. The molecule has 1 heterocycles. The first-order chi connectivity index (χ1) is 9.70. The Morgan fingerprint density at radius 2 is 1.75 bits per heavy atom. The van der Waals surface area contributed by atoms with Crippen LogP contribution >= 0.6 is 23.8 Å². The fourth-order valence-corrected chi connectivity index (χ4v) is 2.26. The Kier molecular flexibility index (Phi) is 3.62. The van der Waals surface area contributed by atoms with Crippen LogP contribution in [0.1, 0.15) is 0 Å². The number of anilines is 2. The van der Waals surface area contributed by atoms with Crippen molar-refractivity contribution in [2.24, 2.45) is 0 Å². The molecule has 0 spiro atoms. The predicted octanol–water partition coefficient (Wildman–Crippen LogP) is 3.88. The Labute approximate surface area is 126 Å². The van der Waals surface area contributed by atoms with E-state index in [1.807, 2.05) is 30.3 Å². The quantitative estimate of drug-likeness (QED) is 0.824. The zero-order valence-corrected chi connectivity index (χ0v) is 11.9. The molecule has 1 aliphatic rings. The average Bonchev–Trinajstić information content (AvgIpc) is 2.86. The number of thiocarbonyl (C=S) groups is 1. The maximum absolute atomic E-state index is 5.92. The van der Waals surface area contributed by atoms with Crippen molar-refractivity contribution in [3.05, 3.63) is 47.5 Å². The van der Waals surface area contributed by atoms with E-state index in [0.29, 0.717) is 15.9 Å². The summed E-state index contributed by atoms with van der Waals surface area (Å²) in [4.78, 5) is 0. The van der Waals surface area contributed by atoms with Crippen LogP contribution in [-0.2, 0) is 0 Å². The van der Waals surface area contributed by atoms with Crippen molar-refractivity contribution in [3.63, 3.8) is 0 Å². The molecular weight excluding hydrogens is 296 g/mol. The van der Waals surface area contributed by atoms with Gasteiger partial charge in [-0.05, 0) is 42.5 Å². The van der Waals surface area contributed by atoms with Gasteiger partial charge in [-0.25, -0.2) is 0 Å². The van der Waals surface area contributed by atoms with Gasteiger partial charge in [-0.1, -0.05) is 17.7 Å². The summed E-state index contributed by atoms with van der Waals surface area (Å²) in [6.45, 7) is 0.254. The van der Waals surface area contributed by atoms with Gasteiger partial charge in [0.25, 0.3) is 0 Å². The summed E-state index contributed by atoms with van der Waals surface area (Å²) >= 11 is 11.2. The van der Waals surface area contributed by atoms with Crippen LogP contribution < -0.4 is 20.1 Å². The van der Waals surface area contributed by atoms with Crippen LogP contribution in [0.3, 0.4) is 0 Å². The van der Waals surface area contributed by atoms with Gasteiger partial charge in [-0.3, -0.25) is 0 Å². The third-order valence-electron chi connectivity index (χ3n) is 2.71. The molecule has 0 amide bonds. The minimum absolute atomic E-state index is 0.254. The van der Waals surface area contributed by atoms with Crippen molar-refractivity contribution < 1.29 is 9.47 Å². The molecule has 20 heavy (non-hydrogen) atoms. The maximum atomic E-state index is 5.92. The number of benzene rings is 2. The zero-order valence-electron chi connectivity index (χ0n) is 10.4. The Hall–Kier alpha value is -1.98. The number of nitrogens with one attached hydrogen (secondary N) is 2. The van der Waals surface area contributed by atoms with E-state index in [4.69, 9.17) is 33.3 Å². The fourth-order valence-electron chi connectivity index (χ4n) is 1.83. The highest BCUT2D eigenvalue weighted by Crippen LogP contribution is 2.34. The van der Waals surface area contributed by atoms with Gasteiger partial charge in [-0.15, -0.1) is 0 Å². The fraction of sp³-hybridized carbons (Fsp3) is 0.0714. The second-order valence-corrected chi connectivity index (χ2v) is 5.00. The largest absolute Gasteiger partial charge is 0.454 e. The lowest BCUT2D eigenvalue weighted by Gasteiger charge is -2.11. The Morgan fingerprint density at radius 1 is 1.00 bits per heavy atom. The molecule has 0 saturated heterocycles. The van der Waals surface area contributed by atoms with Crippen LogP contribution in [-0.4, -0.2) is 11.9 Å². The number of hydrogen-bond acceptors (Lipinski definition) is 3. The molecule has 0 saturated carbocycles. The molecule has 0 atom stereocenters. The van der Waals surface area contributed by atoms with Crippen molar-refractivity contribution in [1.82, 2.24) is 0 Å². The second-order valence-electron chi connectivity index (χ2n) is 4.16. The SMILES string of the molecule is S=C(Nc1cccc(Cl)c1)Nc1ccc2c(c1)OCO2. The zero-order chi connectivity index (χ0) is 13.9. The molecule has 0 bridgehead atoms. The van der Waals surface area contributed by atoms with E-state index in [0.717, 1.165) is 17.1 Å². The highest BCUT2D eigenvalue weighted by molar-refractivity contribution is 7.80. The van der Waals surface area contributed by atoms with Crippen LogP contribution in [0.4, 0.5) is 11.4 Å². The molecule has 4 nitrogen and oxygen atoms in total. The van der Waals surface area contributed by atoms with Crippen molar-refractivity contribution >= 4 is 40.3 Å². The summed E-state index contributed by atoms with van der Waals surface area (Å²) in [7, 11) is 0. The molecule has 0 aliphatic carbocycles. The average molecular weight is 307 g/mol. The van der Waals surface area contributed by atoms with Crippen LogP contribution in [0.5, 0.6) is 11.5 Å². The van der Waals surface area contributed by atoms with E-state index in [1.165, 1.54) is 0 Å². The summed E-state index contributed by atoms with van der Waals surface area (Å²) in [5.41, 5.74) is 1.66. The van der Waals surface area contributed by atoms with Crippen LogP contribution in [0.25, 0.3) is 0 Å². The van der Waals surface area contributed by atoms with Gasteiger partial charge in [0.1, 0.15) is 0 Å². The van der Waals surface area contributed by atoms with E-state index < -0.39 is 0 Å². The first kappa shape index (κ1) is 13.0. The lowest BCUT2D eigenvalue weighted by molar-refractivity contribution is 0.174. The number of hydrogen-bond donors (Lipinski definition) is 2. The minimum atomic E-state index is 0.254. The second kappa shape index (κ2) is 5.56. The van der Waals surface area contributed by atoms with Crippen molar-refractivity contribution in [2.75, 3.05) is 17.4 Å². The molecule has 3 rings (SSSR count). The minimum Gasteiger partial charge on any atom is -0.454 e. The van der Waals surface area contributed by atoms with Gasteiger partial charge in [0.2, 0.25) is 6.79 Å². The first-order valence-electron chi connectivity index (χ1n) is 5.94. The lowest BCUT2D eigenvalue weighted by atomic mass is 10.3. The maximum Gasteiger partial charge on any atom is 0.231 e. The lowest BCUT2D eigenvalue weighted by Crippen LogP contribution is -2.18. The van der Waals surface area contributed by atoms with Crippen LogP contribution in [0.15, 0.2) is 42.5 Å². The molecule has 0 aromatic heterocycles. The molecule has 0 radical (unpaired) electrons. The Bertz CT molecular complexity index is 663. The molecule has 6 heteroatoms. The van der Waals surface area contributed by atoms with Gasteiger partial charge in [0.05, 0.1) is 0 Å². The molecule has 0 unspecified atom stereocenters. The standard InChI is InChI=1S/C14H11ClN2O2S/c15-9-2-1-3-10(6-9)16-14(20)17-11-4-5-12-13(7-11)19-8-18-12/h1-7H,8H2,(H2,16,17,20). The summed E-state index contributed by atoms with van der Waals surface area (Å²) in [5, 5.41) is 7.28. The number of ether oxygens (including phenoxy) is 2. The van der Waals surface area contributed by atoms with Crippen molar-refractivity contribution in [1.29, 1.82) is 0 Å². The van der Waals surface area contributed by atoms with Gasteiger partial charge in [0, 0.05) is 22.5 Å². The van der Waals surface area contributed by atoms with Crippen molar-refractivity contribution in [3.8, 4) is 11.5 Å². The topological polar surface area (TPSA) is 42.5 Å². The van der Waals surface area contributed by atoms with Gasteiger partial charge in [0.15, 0.2) is 16.6 Å². The number of halogens is 1. The molecular formula is C14H11ClN2O2S. The molecule has 2 N–H and O–H groups in total. The monoisotopic (exact) mass is 306 g/mol. The highest BCUT2D eigenvalue weighted by atomic mass is 35.5. The summed E-state index contributed by atoms with van der Waals surface area (Å²) < 4.78 is 10.6. The van der Waals surface area contributed by atoms with E-state index in [9.17, 15) is 0 Å². The van der Waals surface area contributed by atoms with E-state index >= 15 is 0 Å². The predicted molar refractivity (Wildman–Crippen MR) is 83.9 cm³/mol. The normalized spacial score (nSPS) is 12.1. The molecule has 102 valence electrons. The van der Waals surface area contributed by atoms with Gasteiger partial charge in [-0.2, -0.15) is 0 Å². The highest BCUT2D eigenvalue weighted by Gasteiger charge is 2.13. The molecule has 1 aliphatic heterocycles. The summed E-state index contributed by atoms with van der Waals surface area (Å²) in [6, 6.07) is 12.9. The van der Waals surface area contributed by atoms with Crippen LogP contribution in [0.2, 0.25) is 5.02 Å². The first-order valence-corrected chi connectivity index (χ1v) is 6.72. The number of fused-ring (bicyclic) bond motifs is 1. The van der Waals surface area contributed by atoms with E-state index in [2.05, 4.69) is 10.6 Å². The van der Waals surface area contributed by atoms with E-state index in [-0.39, 0.29) is 6.79 Å². The Balaban J connectivity index is 1.67. The van der Waals surface area contributed by atoms with E-state index in [1.54, 1.807) is 12.1 Å². The number of rotatable bonds is 2. The molecule has 2 aromatic carbocycles.